The molecule has 0 rings (SSSR count). The molecule has 0 saturated carbocycles. The molecule has 0 fully saturated rings. The molecule has 6 heteroatoms. The first-order chi connectivity index (χ1) is 17.6. The van der Waals surface area contributed by atoms with Crippen LogP contribution in [0.15, 0.2) is 36.5 Å². The van der Waals surface area contributed by atoms with Crippen LogP contribution in [-0.2, 0) is 23.4 Å². The standard InChI is InChI=1S/C32H60O5Si/c1-14-30(37-38(12,13)32(8,9)10)29(24(3)4)20-19-25(5)17-16-18-26(6)21-28(36-23-34-11)22-27(7)31(33)35-15-2/h14,17,24,26,28-30H,1,7,15-16,18-23H2,2-6,8-13H3/b25-17+/t26-,28?,29-,30+/m0/s1. The molecule has 222 valence electrons. The zero-order valence-corrected chi connectivity index (χ0v) is 27.7. The summed E-state index contributed by atoms with van der Waals surface area (Å²) in [6.45, 7) is 31.0. The first-order valence-electron chi connectivity index (χ1n) is 14.5. The normalized spacial score (nSPS) is 16.2. The van der Waals surface area contributed by atoms with Gasteiger partial charge in [0.25, 0.3) is 0 Å². The lowest BCUT2D eigenvalue weighted by atomic mass is 9.85. The summed E-state index contributed by atoms with van der Waals surface area (Å²) in [7, 11) is -0.260. The van der Waals surface area contributed by atoms with Crippen LogP contribution in [0.5, 0.6) is 0 Å². The van der Waals surface area contributed by atoms with E-state index in [9.17, 15) is 4.79 Å². The largest absolute Gasteiger partial charge is 0.463 e. The smallest absolute Gasteiger partial charge is 0.333 e. The first kappa shape index (κ1) is 36.8. The van der Waals surface area contributed by atoms with E-state index in [1.54, 1.807) is 14.0 Å². The summed E-state index contributed by atoms with van der Waals surface area (Å²) in [4.78, 5) is 12.0. The van der Waals surface area contributed by atoms with Gasteiger partial charge < -0.3 is 18.6 Å². The number of allylic oxidation sites excluding steroid dienone is 2. The van der Waals surface area contributed by atoms with Gasteiger partial charge in [0.1, 0.15) is 6.79 Å². The van der Waals surface area contributed by atoms with E-state index in [-0.39, 0.29) is 30.0 Å². The van der Waals surface area contributed by atoms with Gasteiger partial charge in [0, 0.05) is 19.1 Å². The second-order valence-corrected chi connectivity index (χ2v) is 17.5. The van der Waals surface area contributed by atoms with E-state index in [2.05, 4.69) is 80.8 Å². The van der Waals surface area contributed by atoms with Crippen molar-refractivity contribution in [3.8, 4) is 0 Å². The van der Waals surface area contributed by atoms with Crippen LogP contribution in [0.1, 0.15) is 93.9 Å². The van der Waals surface area contributed by atoms with Crippen molar-refractivity contribution in [2.75, 3.05) is 20.5 Å². The van der Waals surface area contributed by atoms with Crippen molar-refractivity contribution in [2.24, 2.45) is 17.8 Å². The van der Waals surface area contributed by atoms with Gasteiger partial charge in [0.05, 0.1) is 18.8 Å². The Bertz CT molecular complexity index is 735. The summed E-state index contributed by atoms with van der Waals surface area (Å²) in [6.07, 6.45) is 9.96. The van der Waals surface area contributed by atoms with E-state index in [1.807, 2.05) is 6.08 Å². The van der Waals surface area contributed by atoms with Crippen LogP contribution in [0.2, 0.25) is 18.1 Å². The quantitative estimate of drug-likeness (QED) is 0.0496. The Kier molecular flexibility index (Phi) is 17.6. The predicted octanol–water partition coefficient (Wildman–Crippen LogP) is 8.87. The van der Waals surface area contributed by atoms with Crippen LogP contribution in [0, 0.1) is 17.8 Å². The van der Waals surface area contributed by atoms with Crippen molar-refractivity contribution < 1.29 is 23.4 Å². The Morgan fingerprint density at radius 2 is 1.74 bits per heavy atom. The minimum Gasteiger partial charge on any atom is -0.463 e. The molecule has 0 aliphatic carbocycles. The summed E-state index contributed by atoms with van der Waals surface area (Å²) in [5.74, 6) is 1.08. The van der Waals surface area contributed by atoms with E-state index in [4.69, 9.17) is 18.6 Å². The maximum absolute atomic E-state index is 12.0. The Hall–Kier alpha value is -1.21. The van der Waals surface area contributed by atoms with E-state index < -0.39 is 8.32 Å². The number of hydrogen-bond donors (Lipinski definition) is 0. The molecule has 0 saturated heterocycles. The predicted molar refractivity (Wildman–Crippen MR) is 164 cm³/mol. The summed E-state index contributed by atoms with van der Waals surface area (Å²) >= 11 is 0. The third kappa shape index (κ3) is 14.3. The van der Waals surface area contributed by atoms with E-state index >= 15 is 0 Å². The van der Waals surface area contributed by atoms with Gasteiger partial charge >= 0.3 is 5.97 Å². The van der Waals surface area contributed by atoms with Crippen molar-refractivity contribution >= 4 is 14.3 Å². The van der Waals surface area contributed by atoms with Gasteiger partial charge in [0.15, 0.2) is 8.32 Å². The van der Waals surface area contributed by atoms with Crippen molar-refractivity contribution in [3.05, 3.63) is 36.5 Å². The highest BCUT2D eigenvalue weighted by molar-refractivity contribution is 6.74. The zero-order chi connectivity index (χ0) is 29.5. The lowest BCUT2D eigenvalue weighted by Crippen LogP contribution is -2.46. The molecule has 5 nitrogen and oxygen atoms in total. The van der Waals surface area contributed by atoms with Gasteiger partial charge in [0.2, 0.25) is 0 Å². The van der Waals surface area contributed by atoms with Crippen molar-refractivity contribution in [1.82, 2.24) is 0 Å². The molecule has 0 bridgehead atoms. The molecule has 0 N–H and O–H groups in total. The maximum Gasteiger partial charge on any atom is 0.333 e. The number of carbonyl (C=O) groups is 1. The lowest BCUT2D eigenvalue weighted by Gasteiger charge is -2.41. The second-order valence-electron chi connectivity index (χ2n) is 12.7. The highest BCUT2D eigenvalue weighted by atomic mass is 28.4. The number of methoxy groups -OCH3 is 1. The summed E-state index contributed by atoms with van der Waals surface area (Å²) in [5, 5.41) is 0.183. The summed E-state index contributed by atoms with van der Waals surface area (Å²) in [5.41, 5.74) is 1.88. The topological polar surface area (TPSA) is 54.0 Å². The highest BCUT2D eigenvalue weighted by Gasteiger charge is 2.40. The van der Waals surface area contributed by atoms with Crippen molar-refractivity contribution in [2.45, 2.75) is 124 Å². The van der Waals surface area contributed by atoms with Crippen LogP contribution in [0.4, 0.5) is 0 Å². The number of rotatable bonds is 20. The number of hydrogen-bond acceptors (Lipinski definition) is 5. The summed E-state index contributed by atoms with van der Waals surface area (Å²) < 4.78 is 22.8. The number of carbonyl (C=O) groups excluding carboxylic acids is 1. The van der Waals surface area contributed by atoms with Gasteiger partial charge in [-0.25, -0.2) is 4.79 Å². The maximum atomic E-state index is 12.0. The molecule has 0 heterocycles. The van der Waals surface area contributed by atoms with Crippen LogP contribution in [0.25, 0.3) is 0 Å². The Morgan fingerprint density at radius 3 is 2.24 bits per heavy atom. The molecular formula is C32H60O5Si. The molecule has 0 radical (unpaired) electrons. The van der Waals surface area contributed by atoms with Crippen LogP contribution in [0.3, 0.4) is 0 Å². The minimum atomic E-state index is -1.87. The average Bonchev–Trinajstić information content (AvgIpc) is 2.80. The monoisotopic (exact) mass is 552 g/mol. The van der Waals surface area contributed by atoms with Gasteiger partial charge in [-0.2, -0.15) is 0 Å². The fourth-order valence-electron chi connectivity index (χ4n) is 4.35. The van der Waals surface area contributed by atoms with E-state index in [0.29, 0.717) is 36.4 Å². The molecule has 38 heavy (non-hydrogen) atoms. The first-order valence-corrected chi connectivity index (χ1v) is 17.4. The molecule has 0 amide bonds. The molecule has 0 aromatic heterocycles. The number of ether oxygens (including phenoxy) is 3. The van der Waals surface area contributed by atoms with Gasteiger partial charge in [-0.1, -0.05) is 65.8 Å². The zero-order valence-electron chi connectivity index (χ0n) is 26.7. The van der Waals surface area contributed by atoms with E-state index in [1.165, 1.54) is 5.57 Å². The van der Waals surface area contributed by atoms with Crippen molar-refractivity contribution in [1.29, 1.82) is 0 Å². The lowest BCUT2D eigenvalue weighted by molar-refractivity contribution is -0.139. The second kappa shape index (κ2) is 18.2. The van der Waals surface area contributed by atoms with Crippen molar-refractivity contribution in [3.63, 3.8) is 0 Å². The van der Waals surface area contributed by atoms with Crippen LogP contribution >= 0.6 is 0 Å². The third-order valence-corrected chi connectivity index (χ3v) is 12.4. The van der Waals surface area contributed by atoms with Gasteiger partial charge in [-0.15, -0.1) is 6.58 Å². The molecule has 4 atom stereocenters. The summed E-state index contributed by atoms with van der Waals surface area (Å²) in [6, 6.07) is 0. The fraction of sp³-hybridized carbons (Fsp3) is 0.781. The molecule has 0 aromatic rings. The average molecular weight is 553 g/mol. The molecule has 0 aromatic carbocycles. The third-order valence-electron chi connectivity index (χ3n) is 7.90. The van der Waals surface area contributed by atoms with Gasteiger partial charge in [-0.05, 0) is 81.8 Å². The molecule has 0 aliphatic rings. The fourth-order valence-corrected chi connectivity index (χ4v) is 5.65. The van der Waals surface area contributed by atoms with Crippen LogP contribution in [-0.4, -0.2) is 47.0 Å². The van der Waals surface area contributed by atoms with Gasteiger partial charge in [-0.3, -0.25) is 0 Å². The SMILES string of the molecule is C=C[C@@H](O[Si](C)(C)C(C)(C)C)[C@@H](CC/C(C)=C/CC[C@H](C)CC(CC(=C)C(=O)OCC)OCOC)C(C)C. The van der Waals surface area contributed by atoms with Crippen LogP contribution < -0.4 is 0 Å². The molecule has 1 unspecified atom stereocenters. The number of esters is 1. The Balaban J connectivity index is 4.95. The highest BCUT2D eigenvalue weighted by Crippen LogP contribution is 2.39. The molecule has 0 aliphatic heterocycles. The Morgan fingerprint density at radius 1 is 1.11 bits per heavy atom. The van der Waals surface area contributed by atoms with E-state index in [0.717, 1.165) is 32.1 Å². The minimum absolute atomic E-state index is 0.0945. The molecular weight excluding hydrogens is 492 g/mol. The molecule has 0 spiro atoms. The Labute approximate surface area is 236 Å².